The molecule has 1 aliphatic rings. The quantitative estimate of drug-likeness (QED) is 0.420. The van der Waals surface area contributed by atoms with Crippen LogP contribution in [-0.2, 0) is 4.79 Å². The number of hydrogen-bond donors (Lipinski definition) is 0. The van der Waals surface area contributed by atoms with Gasteiger partial charge >= 0.3 is 0 Å². The molecule has 0 aromatic heterocycles. The highest BCUT2D eigenvalue weighted by Crippen LogP contribution is 2.23. The van der Waals surface area contributed by atoms with Crippen molar-refractivity contribution >= 4 is 41.8 Å². The van der Waals surface area contributed by atoms with Crippen LogP contribution in [0.15, 0.2) is 45.1 Å². The highest BCUT2D eigenvalue weighted by atomic mass is 127. The lowest BCUT2D eigenvalue weighted by Crippen LogP contribution is -2.31. The average Bonchev–Trinajstić information content (AvgIpc) is 2.50. The van der Waals surface area contributed by atoms with Crippen molar-refractivity contribution in [3.8, 4) is 0 Å². The summed E-state index contributed by atoms with van der Waals surface area (Å²) < 4.78 is 2.15. The Labute approximate surface area is 140 Å². The van der Waals surface area contributed by atoms with E-state index in [0.717, 1.165) is 12.9 Å². The molecule has 0 atom stereocenters. The molecule has 1 aromatic rings. The van der Waals surface area contributed by atoms with Crippen LogP contribution in [-0.4, -0.2) is 26.0 Å². The van der Waals surface area contributed by atoms with Gasteiger partial charge in [-0.05, 0) is 23.8 Å². The zero-order valence-electron chi connectivity index (χ0n) is 13.0. The smallest absolute Gasteiger partial charge is 0.272 e. The Morgan fingerprint density at radius 2 is 1.91 bits per heavy atom. The zero-order chi connectivity index (χ0) is 16.1. The molecule has 1 amide bonds. The molecule has 1 aromatic carbocycles. The monoisotopic (exact) mass is 410 g/mol. The van der Waals surface area contributed by atoms with Crippen LogP contribution in [0.5, 0.6) is 0 Å². The predicted octanol–water partition coefficient (Wildman–Crippen LogP) is 3.89. The van der Waals surface area contributed by atoms with Crippen LogP contribution in [0, 0.1) is 0 Å². The molecule has 5 heteroatoms. The molecule has 0 saturated heterocycles. The summed E-state index contributed by atoms with van der Waals surface area (Å²) in [5.41, 5.74) is 1.41. The van der Waals surface area contributed by atoms with E-state index in [2.05, 4.69) is 5.10 Å². The van der Waals surface area contributed by atoms with Gasteiger partial charge in [0.25, 0.3) is 5.91 Å². The molecule has 0 bridgehead atoms. The van der Waals surface area contributed by atoms with Crippen molar-refractivity contribution in [3.05, 3.63) is 45.6 Å². The summed E-state index contributed by atoms with van der Waals surface area (Å²) in [6.07, 6.45) is 2.55. The van der Waals surface area contributed by atoms with Crippen molar-refractivity contribution in [2.45, 2.75) is 33.6 Å². The summed E-state index contributed by atoms with van der Waals surface area (Å²) in [6.45, 7) is 5.88. The second-order valence-corrected chi connectivity index (χ2v) is 8.76. The topological polar surface area (TPSA) is 49.7 Å². The van der Waals surface area contributed by atoms with E-state index < -0.39 is 0 Å². The number of Topliss-reactive ketones (excluding diaryl/α,β-unsaturated/α-hetero) is 1. The minimum Gasteiger partial charge on any atom is -0.294 e. The van der Waals surface area contributed by atoms with Crippen molar-refractivity contribution < 1.29 is 9.59 Å². The van der Waals surface area contributed by atoms with Crippen molar-refractivity contribution in [2.24, 2.45) is 5.10 Å². The minimum absolute atomic E-state index is 0.0322. The van der Waals surface area contributed by atoms with Crippen LogP contribution in [0.4, 0.5) is 0 Å². The second kappa shape index (κ2) is 7.58. The van der Waals surface area contributed by atoms with Gasteiger partial charge < -0.3 is 0 Å². The number of ketones is 1. The maximum Gasteiger partial charge on any atom is 0.272 e. The zero-order valence-corrected chi connectivity index (χ0v) is 15.1. The fraction of sp³-hybridized carbons (Fsp3) is 0.294. The number of nitrogens with zero attached hydrogens (tertiary/aromatic N) is 2. The lowest BCUT2D eigenvalue weighted by atomic mass is 10.0. The molecule has 1 heterocycles. The van der Waals surface area contributed by atoms with Gasteiger partial charge in [-0.15, -0.1) is 0 Å². The minimum atomic E-state index is -0.290. The molecule has 0 N–H and O–H groups in total. The fourth-order valence-electron chi connectivity index (χ4n) is 2.07. The first-order valence-corrected chi connectivity index (χ1v) is 9.32. The number of carbonyl (C=O) groups excluding carboxylic acids is 2. The van der Waals surface area contributed by atoms with E-state index in [-0.39, 0.29) is 38.8 Å². The van der Waals surface area contributed by atoms with E-state index in [0.29, 0.717) is 12.0 Å². The Balaban J connectivity index is 2.17. The molecule has 116 valence electrons. The molecular weight excluding hydrogens is 391 g/mol. The first kappa shape index (κ1) is 16.7. The third-order valence-corrected chi connectivity index (χ3v) is 5.62. The van der Waals surface area contributed by atoms with E-state index in [9.17, 15) is 9.59 Å². The lowest BCUT2D eigenvalue weighted by Gasteiger charge is -2.20. The molecule has 0 aliphatic carbocycles. The standard InChI is InChI=1S/C17H19IN2O2/c1-4-15(11-16(21)14-8-6-5-7-9-14)19-20-13(3)18-12(2)10-17(20)22/h5-10H,4,11H2,1-3H3/b19-15+. The Kier molecular flexibility index (Phi) is 5.76. The Morgan fingerprint density at radius 1 is 1.23 bits per heavy atom. The van der Waals surface area contributed by atoms with Crippen LogP contribution in [0.3, 0.4) is 0 Å². The maximum atomic E-state index is 12.3. The third-order valence-electron chi connectivity index (χ3n) is 3.22. The van der Waals surface area contributed by atoms with Crippen molar-refractivity contribution in [3.63, 3.8) is 0 Å². The summed E-state index contributed by atoms with van der Waals surface area (Å²) >= 11 is -0.290. The first-order valence-electron chi connectivity index (χ1n) is 7.16. The summed E-state index contributed by atoms with van der Waals surface area (Å²) in [5, 5.41) is 5.91. The maximum absolute atomic E-state index is 12.3. The average molecular weight is 410 g/mol. The van der Waals surface area contributed by atoms with Gasteiger partial charge in [0, 0.05) is 17.4 Å². The van der Waals surface area contributed by atoms with E-state index in [1.165, 1.54) is 5.01 Å². The van der Waals surface area contributed by atoms with Gasteiger partial charge in [0.2, 0.25) is 0 Å². The highest BCUT2D eigenvalue weighted by molar-refractivity contribution is 14.2. The van der Waals surface area contributed by atoms with Crippen LogP contribution in [0.2, 0.25) is 0 Å². The lowest BCUT2D eigenvalue weighted by molar-refractivity contribution is -0.122. The predicted molar refractivity (Wildman–Crippen MR) is 98.4 cm³/mol. The molecule has 0 saturated carbocycles. The van der Waals surface area contributed by atoms with Gasteiger partial charge in [0.15, 0.2) is 5.78 Å². The molecule has 0 unspecified atom stereocenters. The van der Waals surface area contributed by atoms with Crippen molar-refractivity contribution in [2.75, 3.05) is 0 Å². The van der Waals surface area contributed by atoms with Gasteiger partial charge in [-0.1, -0.05) is 58.0 Å². The molecule has 1 aliphatic heterocycles. The number of halogens is 1. The number of carbonyl (C=O) groups is 2. The number of amides is 1. The molecule has 4 nitrogen and oxygen atoms in total. The summed E-state index contributed by atoms with van der Waals surface area (Å²) in [6, 6.07) is 9.18. The molecule has 2 rings (SSSR count). The van der Waals surface area contributed by atoms with Crippen molar-refractivity contribution in [1.29, 1.82) is 0 Å². The summed E-state index contributed by atoms with van der Waals surface area (Å²) in [7, 11) is 0. The van der Waals surface area contributed by atoms with Crippen LogP contribution >= 0.6 is 20.7 Å². The number of allylic oxidation sites excluding steroid dienone is 1. The molecule has 0 spiro atoms. The molecule has 22 heavy (non-hydrogen) atoms. The van der Waals surface area contributed by atoms with Gasteiger partial charge in [0.05, 0.1) is 10.1 Å². The van der Waals surface area contributed by atoms with E-state index >= 15 is 0 Å². The summed E-state index contributed by atoms with van der Waals surface area (Å²) in [5.74, 6) is -0.0798. The van der Waals surface area contributed by atoms with Gasteiger partial charge in [-0.2, -0.15) is 10.1 Å². The fourth-order valence-corrected chi connectivity index (χ4v) is 4.30. The van der Waals surface area contributed by atoms with Crippen molar-refractivity contribution in [1.82, 2.24) is 5.01 Å². The van der Waals surface area contributed by atoms with Crippen LogP contribution < -0.4 is 0 Å². The normalized spacial score (nSPS) is 15.9. The molecule has 0 radical (unpaired) electrons. The van der Waals surface area contributed by atoms with Gasteiger partial charge in [-0.3, -0.25) is 9.59 Å². The second-order valence-electron chi connectivity index (χ2n) is 4.96. The van der Waals surface area contributed by atoms with E-state index in [1.54, 1.807) is 18.2 Å². The molecular formula is C17H19IN2O2. The van der Waals surface area contributed by atoms with E-state index in [4.69, 9.17) is 0 Å². The molecule has 0 fully saturated rings. The number of rotatable bonds is 5. The number of hydrogen-bond acceptors (Lipinski definition) is 3. The van der Waals surface area contributed by atoms with E-state index in [1.807, 2.05) is 39.0 Å². The van der Waals surface area contributed by atoms with Crippen LogP contribution in [0.1, 0.15) is 44.0 Å². The highest BCUT2D eigenvalue weighted by Gasteiger charge is 2.19. The Bertz CT molecular complexity index is 675. The largest absolute Gasteiger partial charge is 0.294 e. The Hall–Kier alpha value is -1.63. The SMILES string of the molecule is CC/C(CC(=O)c1ccccc1)=N\N1C(=O)C=C(C)I=C1C. The van der Waals surface area contributed by atoms with Gasteiger partial charge in [-0.25, -0.2) is 0 Å². The Morgan fingerprint density at radius 3 is 2.50 bits per heavy atom. The number of hydrazone groups is 1. The first-order chi connectivity index (χ1) is 10.5. The van der Waals surface area contributed by atoms with Gasteiger partial charge in [0.1, 0.15) is 0 Å². The third kappa shape index (κ3) is 4.19. The summed E-state index contributed by atoms with van der Waals surface area (Å²) in [4.78, 5) is 24.4. The number of benzene rings is 1. The van der Waals surface area contributed by atoms with Crippen LogP contribution in [0.25, 0.3) is 0 Å².